The average molecular weight is 380 g/mol. The van der Waals surface area contributed by atoms with Crippen LogP contribution in [0.3, 0.4) is 0 Å². The number of rotatable bonds is 3. The number of aromatic nitrogens is 2. The number of hydrogen-bond acceptors (Lipinski definition) is 5. The third-order valence-corrected chi connectivity index (χ3v) is 4.96. The Morgan fingerprint density at radius 3 is 2.71 bits per heavy atom. The molecule has 1 amide bonds. The molecule has 1 aliphatic rings. The van der Waals surface area contributed by atoms with Crippen LogP contribution in [0.4, 0.5) is 11.4 Å². The first-order valence-corrected chi connectivity index (χ1v) is 8.76. The van der Waals surface area contributed by atoms with Crippen LogP contribution >= 0.6 is 0 Å². The average Bonchev–Trinajstić information content (AvgIpc) is 3.11. The molecule has 1 aliphatic heterocycles. The number of benzene rings is 2. The third-order valence-electron chi connectivity index (χ3n) is 4.96. The Morgan fingerprint density at radius 1 is 1.21 bits per heavy atom. The van der Waals surface area contributed by atoms with Crippen molar-refractivity contribution < 1.29 is 9.72 Å². The lowest BCUT2D eigenvalue weighted by molar-refractivity contribution is -0.384. The van der Waals surface area contributed by atoms with E-state index in [1.807, 2.05) is 0 Å². The van der Waals surface area contributed by atoms with E-state index in [0.29, 0.717) is 41.8 Å². The van der Waals surface area contributed by atoms with Gasteiger partial charge in [-0.15, -0.1) is 0 Å². The van der Waals surface area contributed by atoms with Crippen LogP contribution in [0.5, 0.6) is 0 Å². The van der Waals surface area contributed by atoms with E-state index in [2.05, 4.69) is 4.98 Å². The molecule has 0 aliphatic carbocycles. The van der Waals surface area contributed by atoms with Gasteiger partial charge >= 0.3 is 11.1 Å². The molecule has 9 heteroatoms. The van der Waals surface area contributed by atoms with Crippen molar-refractivity contribution in [1.82, 2.24) is 9.55 Å². The highest BCUT2D eigenvalue weighted by atomic mass is 16.6. The van der Waals surface area contributed by atoms with Crippen molar-refractivity contribution in [1.29, 1.82) is 0 Å². The molecule has 4 rings (SSSR count). The third kappa shape index (κ3) is 2.68. The van der Waals surface area contributed by atoms with E-state index in [-0.39, 0.29) is 11.6 Å². The fourth-order valence-corrected chi connectivity index (χ4v) is 3.57. The van der Waals surface area contributed by atoms with Gasteiger partial charge in [-0.25, -0.2) is 0 Å². The summed E-state index contributed by atoms with van der Waals surface area (Å²) < 4.78 is 1.34. The number of anilines is 1. The Bertz CT molecular complexity index is 1260. The van der Waals surface area contributed by atoms with Crippen molar-refractivity contribution in [2.45, 2.75) is 19.9 Å². The Morgan fingerprint density at radius 2 is 2.00 bits per heavy atom. The van der Waals surface area contributed by atoms with Crippen LogP contribution in [0, 0.1) is 10.1 Å². The van der Waals surface area contributed by atoms with Gasteiger partial charge in [0, 0.05) is 30.8 Å². The van der Waals surface area contributed by atoms with E-state index in [1.54, 1.807) is 25.1 Å². The van der Waals surface area contributed by atoms with Gasteiger partial charge in [-0.1, -0.05) is 6.07 Å². The lowest BCUT2D eigenvalue weighted by atomic mass is 10.1. The number of fused-ring (bicyclic) bond motifs is 2. The standard InChI is InChI=1S/C19H16N4O5/c1-2-21-15-6-4-12(9-14(15)20-17(24)19(21)26)18(25)22-8-7-11-3-5-13(23(27)28)10-16(11)22/h3-6,9-10H,2,7-8H2,1H3,(H,20,24). The topological polar surface area (TPSA) is 118 Å². The van der Waals surface area contributed by atoms with E-state index in [0.717, 1.165) is 5.56 Å². The number of aromatic amines is 1. The van der Waals surface area contributed by atoms with E-state index in [4.69, 9.17) is 0 Å². The van der Waals surface area contributed by atoms with Crippen LogP contribution in [-0.4, -0.2) is 26.9 Å². The SMILES string of the molecule is CCn1c(=O)c(=O)[nH]c2cc(C(=O)N3CCc4ccc([N+](=O)[O-])cc43)ccc21. The highest BCUT2D eigenvalue weighted by Crippen LogP contribution is 2.32. The molecule has 0 fully saturated rings. The molecular weight excluding hydrogens is 364 g/mol. The van der Waals surface area contributed by atoms with Gasteiger partial charge in [-0.3, -0.25) is 24.5 Å². The Labute approximate surface area is 158 Å². The second kappa shape index (κ2) is 6.45. The number of H-pyrrole nitrogens is 1. The first-order valence-electron chi connectivity index (χ1n) is 8.76. The van der Waals surface area contributed by atoms with Crippen LogP contribution in [0.1, 0.15) is 22.8 Å². The summed E-state index contributed by atoms with van der Waals surface area (Å²) in [5.74, 6) is -0.323. The lowest BCUT2D eigenvalue weighted by Gasteiger charge is -2.18. The molecule has 0 radical (unpaired) electrons. The zero-order valence-electron chi connectivity index (χ0n) is 15.0. The number of nitro groups is 1. The predicted octanol–water partition coefficient (Wildman–Crippen LogP) is 1.82. The quantitative estimate of drug-likeness (QED) is 0.422. The van der Waals surface area contributed by atoms with Gasteiger partial charge in [0.05, 0.1) is 21.6 Å². The number of nitrogens with one attached hydrogen (secondary N) is 1. The predicted molar refractivity (Wildman–Crippen MR) is 103 cm³/mol. The van der Waals surface area contributed by atoms with Gasteiger partial charge in [0.2, 0.25) is 0 Å². The van der Waals surface area contributed by atoms with Crippen LogP contribution in [-0.2, 0) is 13.0 Å². The minimum atomic E-state index is -0.749. The van der Waals surface area contributed by atoms with E-state index >= 15 is 0 Å². The summed E-state index contributed by atoms with van der Waals surface area (Å²) in [6.07, 6.45) is 0.610. The molecule has 0 saturated heterocycles. The van der Waals surface area contributed by atoms with E-state index < -0.39 is 16.0 Å². The Kier molecular flexibility index (Phi) is 4.07. The van der Waals surface area contributed by atoms with Crippen molar-refractivity contribution in [2.24, 2.45) is 0 Å². The van der Waals surface area contributed by atoms with Crippen molar-refractivity contribution in [3.63, 3.8) is 0 Å². The number of carbonyl (C=O) groups is 1. The molecule has 0 saturated carbocycles. The van der Waals surface area contributed by atoms with Crippen molar-refractivity contribution in [2.75, 3.05) is 11.4 Å². The summed E-state index contributed by atoms with van der Waals surface area (Å²) in [6, 6.07) is 9.23. The number of carbonyl (C=O) groups excluding carboxylic acids is 1. The van der Waals surface area contributed by atoms with Crippen LogP contribution in [0.25, 0.3) is 11.0 Å². The van der Waals surface area contributed by atoms with Crippen LogP contribution in [0.15, 0.2) is 46.0 Å². The molecule has 28 heavy (non-hydrogen) atoms. The minimum absolute atomic E-state index is 0.0757. The van der Waals surface area contributed by atoms with E-state index in [1.165, 1.54) is 27.7 Å². The normalized spacial score (nSPS) is 13.0. The number of hydrogen-bond donors (Lipinski definition) is 1. The van der Waals surface area contributed by atoms with Gasteiger partial charge in [0.25, 0.3) is 11.6 Å². The van der Waals surface area contributed by atoms with Gasteiger partial charge in [-0.05, 0) is 37.1 Å². The molecule has 1 N–H and O–H groups in total. The lowest BCUT2D eigenvalue weighted by Crippen LogP contribution is -2.36. The summed E-state index contributed by atoms with van der Waals surface area (Å²) in [4.78, 5) is 51.4. The highest BCUT2D eigenvalue weighted by molar-refractivity contribution is 6.08. The molecule has 0 bridgehead atoms. The van der Waals surface area contributed by atoms with Crippen molar-refractivity contribution in [3.8, 4) is 0 Å². The molecule has 3 aromatic rings. The minimum Gasteiger partial charge on any atom is -0.316 e. The first kappa shape index (κ1) is 17.7. The van der Waals surface area contributed by atoms with Gasteiger partial charge < -0.3 is 14.5 Å². The largest absolute Gasteiger partial charge is 0.316 e. The maximum Gasteiger partial charge on any atom is 0.316 e. The molecule has 0 spiro atoms. The van der Waals surface area contributed by atoms with Gasteiger partial charge in [-0.2, -0.15) is 0 Å². The van der Waals surface area contributed by atoms with Gasteiger partial charge in [0.1, 0.15) is 0 Å². The molecule has 9 nitrogen and oxygen atoms in total. The Hall–Kier alpha value is -3.75. The van der Waals surface area contributed by atoms with E-state index in [9.17, 15) is 24.5 Å². The molecule has 2 aromatic carbocycles. The molecule has 0 atom stereocenters. The summed E-state index contributed by atoms with van der Waals surface area (Å²) in [5, 5.41) is 11.1. The molecule has 0 unspecified atom stereocenters. The highest BCUT2D eigenvalue weighted by Gasteiger charge is 2.27. The number of nitro benzene ring substituents is 1. The first-order chi connectivity index (χ1) is 13.4. The van der Waals surface area contributed by atoms with Gasteiger partial charge in [0.15, 0.2) is 0 Å². The smallest absolute Gasteiger partial charge is 0.316 e. The number of aryl methyl sites for hydroxylation is 1. The summed E-state index contributed by atoms with van der Waals surface area (Å²) >= 11 is 0. The number of non-ortho nitro benzene ring substituents is 1. The number of nitrogens with zero attached hydrogens (tertiary/aromatic N) is 3. The maximum absolute atomic E-state index is 13.0. The summed E-state index contributed by atoms with van der Waals surface area (Å²) in [7, 11) is 0. The monoisotopic (exact) mass is 380 g/mol. The fraction of sp³-hybridized carbons (Fsp3) is 0.211. The summed E-state index contributed by atoms with van der Waals surface area (Å²) in [5.41, 5.74) is 1.16. The second-order valence-corrected chi connectivity index (χ2v) is 6.51. The molecule has 2 heterocycles. The van der Waals surface area contributed by atoms with Crippen molar-refractivity contribution >= 4 is 28.3 Å². The van der Waals surface area contributed by atoms with Crippen LogP contribution < -0.4 is 16.0 Å². The Balaban J connectivity index is 1.78. The fourth-order valence-electron chi connectivity index (χ4n) is 3.57. The molecule has 1 aromatic heterocycles. The van der Waals surface area contributed by atoms with Crippen molar-refractivity contribution in [3.05, 3.63) is 78.3 Å². The maximum atomic E-state index is 13.0. The summed E-state index contributed by atoms with van der Waals surface area (Å²) in [6.45, 7) is 2.50. The zero-order valence-corrected chi connectivity index (χ0v) is 15.0. The molecule has 142 valence electrons. The second-order valence-electron chi connectivity index (χ2n) is 6.51. The zero-order chi connectivity index (χ0) is 20.0. The molecular formula is C19H16N4O5. The number of amides is 1. The van der Waals surface area contributed by atoms with Crippen LogP contribution in [0.2, 0.25) is 0 Å².